The number of benzene rings is 3. The average molecular weight is 433 g/mol. The van der Waals surface area contributed by atoms with Crippen LogP contribution in [0, 0.1) is 12.7 Å². The SMILES string of the molecule is Cc1cccc(C=C2Sc3ccc(C(=O)NCc4ccc(F)cc4)cc3N(C)C2=O)c1. The van der Waals surface area contributed by atoms with Crippen LogP contribution in [0.15, 0.2) is 76.5 Å². The number of amides is 2. The molecular formula is C25H21FN2O2S. The average Bonchev–Trinajstić information content (AvgIpc) is 2.76. The van der Waals surface area contributed by atoms with Gasteiger partial charge in [0.15, 0.2) is 0 Å². The van der Waals surface area contributed by atoms with E-state index in [0.717, 1.165) is 21.6 Å². The van der Waals surface area contributed by atoms with Crippen LogP contribution < -0.4 is 10.2 Å². The normalized spacial score (nSPS) is 14.5. The molecule has 4 nitrogen and oxygen atoms in total. The van der Waals surface area contributed by atoms with Gasteiger partial charge in [-0.1, -0.05) is 53.7 Å². The zero-order valence-electron chi connectivity index (χ0n) is 17.2. The van der Waals surface area contributed by atoms with Crippen LogP contribution in [-0.4, -0.2) is 18.9 Å². The molecular weight excluding hydrogens is 411 g/mol. The van der Waals surface area contributed by atoms with Crippen molar-refractivity contribution in [2.45, 2.75) is 18.4 Å². The highest BCUT2D eigenvalue weighted by Gasteiger charge is 2.27. The van der Waals surface area contributed by atoms with Crippen molar-refractivity contribution in [2.24, 2.45) is 0 Å². The number of fused-ring (bicyclic) bond motifs is 1. The maximum Gasteiger partial charge on any atom is 0.264 e. The summed E-state index contributed by atoms with van der Waals surface area (Å²) in [6.07, 6.45) is 1.89. The minimum absolute atomic E-state index is 0.108. The Morgan fingerprint density at radius 2 is 1.87 bits per heavy atom. The topological polar surface area (TPSA) is 49.4 Å². The lowest BCUT2D eigenvalue weighted by atomic mass is 10.1. The second kappa shape index (κ2) is 8.78. The quantitative estimate of drug-likeness (QED) is 0.579. The van der Waals surface area contributed by atoms with Crippen LogP contribution in [0.25, 0.3) is 6.08 Å². The molecule has 0 saturated heterocycles. The molecule has 3 aromatic rings. The van der Waals surface area contributed by atoms with Crippen molar-refractivity contribution < 1.29 is 14.0 Å². The van der Waals surface area contributed by atoms with Crippen LogP contribution in [0.4, 0.5) is 10.1 Å². The summed E-state index contributed by atoms with van der Waals surface area (Å²) in [6, 6.07) is 19.3. The summed E-state index contributed by atoms with van der Waals surface area (Å²) >= 11 is 1.40. The standard InChI is InChI=1S/C25H21FN2O2S/c1-16-4-3-5-18(12-16)13-23-25(30)28(2)21-14-19(8-11-22(21)31-23)24(29)27-15-17-6-9-20(26)10-7-17/h3-14H,15H2,1-2H3,(H,27,29). The van der Waals surface area contributed by atoms with Gasteiger partial charge in [0.05, 0.1) is 10.6 Å². The highest BCUT2D eigenvalue weighted by molar-refractivity contribution is 8.04. The fourth-order valence-electron chi connectivity index (χ4n) is 3.33. The summed E-state index contributed by atoms with van der Waals surface area (Å²) in [5.74, 6) is -0.673. The predicted octanol–water partition coefficient (Wildman–Crippen LogP) is 5.17. The molecule has 2 amide bonds. The lowest BCUT2D eigenvalue weighted by molar-refractivity contribution is -0.114. The second-order valence-electron chi connectivity index (χ2n) is 7.38. The Hall–Kier alpha value is -3.38. The third kappa shape index (κ3) is 4.70. The third-order valence-corrected chi connectivity index (χ3v) is 6.10. The summed E-state index contributed by atoms with van der Waals surface area (Å²) in [5.41, 5.74) is 4.08. The summed E-state index contributed by atoms with van der Waals surface area (Å²) in [7, 11) is 1.71. The minimum Gasteiger partial charge on any atom is -0.348 e. The van der Waals surface area contributed by atoms with E-state index in [1.54, 1.807) is 36.2 Å². The first kappa shape index (κ1) is 20.9. The number of carbonyl (C=O) groups is 2. The zero-order chi connectivity index (χ0) is 22.0. The first-order valence-electron chi connectivity index (χ1n) is 9.82. The molecule has 1 aliphatic rings. The van der Waals surface area contributed by atoms with Gasteiger partial charge in [-0.05, 0) is 54.5 Å². The van der Waals surface area contributed by atoms with E-state index in [1.807, 2.05) is 43.3 Å². The van der Waals surface area contributed by atoms with Gasteiger partial charge >= 0.3 is 0 Å². The van der Waals surface area contributed by atoms with Gasteiger partial charge in [-0.3, -0.25) is 9.59 Å². The molecule has 6 heteroatoms. The Kier molecular flexibility index (Phi) is 5.91. The van der Waals surface area contributed by atoms with E-state index in [2.05, 4.69) is 5.32 Å². The van der Waals surface area contributed by atoms with Crippen molar-refractivity contribution in [3.63, 3.8) is 0 Å². The molecule has 1 aliphatic heterocycles. The molecule has 0 aliphatic carbocycles. The molecule has 0 saturated carbocycles. The molecule has 3 aromatic carbocycles. The van der Waals surface area contributed by atoms with E-state index >= 15 is 0 Å². The Bertz CT molecular complexity index is 1190. The molecule has 0 unspecified atom stereocenters. The van der Waals surface area contributed by atoms with E-state index in [4.69, 9.17) is 0 Å². The Balaban J connectivity index is 1.53. The van der Waals surface area contributed by atoms with Crippen LogP contribution in [0.2, 0.25) is 0 Å². The summed E-state index contributed by atoms with van der Waals surface area (Å²) in [6.45, 7) is 2.31. The largest absolute Gasteiger partial charge is 0.348 e. The van der Waals surface area contributed by atoms with Crippen molar-refractivity contribution >= 4 is 35.3 Å². The molecule has 0 spiro atoms. The van der Waals surface area contributed by atoms with Crippen LogP contribution in [0.5, 0.6) is 0 Å². The van der Waals surface area contributed by atoms with Gasteiger partial charge in [0.1, 0.15) is 5.82 Å². The molecule has 0 bridgehead atoms. The van der Waals surface area contributed by atoms with Crippen molar-refractivity contribution in [3.8, 4) is 0 Å². The van der Waals surface area contributed by atoms with Crippen LogP contribution >= 0.6 is 11.8 Å². The summed E-state index contributed by atoms with van der Waals surface area (Å²) in [4.78, 5) is 28.6. The molecule has 4 rings (SSSR count). The van der Waals surface area contributed by atoms with Gasteiger partial charge in [0, 0.05) is 24.1 Å². The van der Waals surface area contributed by atoms with Crippen molar-refractivity contribution in [2.75, 3.05) is 11.9 Å². The molecule has 0 atom stereocenters. The fraction of sp³-hybridized carbons (Fsp3) is 0.120. The van der Waals surface area contributed by atoms with Gasteiger partial charge < -0.3 is 10.2 Å². The molecule has 31 heavy (non-hydrogen) atoms. The number of hydrogen-bond donors (Lipinski definition) is 1. The van der Waals surface area contributed by atoms with Gasteiger partial charge in [0.25, 0.3) is 11.8 Å². The molecule has 0 fully saturated rings. The number of aryl methyl sites for hydroxylation is 1. The summed E-state index contributed by atoms with van der Waals surface area (Å²) in [5, 5.41) is 2.83. The van der Waals surface area contributed by atoms with E-state index in [9.17, 15) is 14.0 Å². The van der Waals surface area contributed by atoms with Gasteiger partial charge in [0.2, 0.25) is 0 Å². The van der Waals surface area contributed by atoms with Crippen LogP contribution in [0.3, 0.4) is 0 Å². The number of nitrogens with one attached hydrogen (secondary N) is 1. The van der Waals surface area contributed by atoms with Crippen molar-refractivity contribution in [1.29, 1.82) is 0 Å². The predicted molar refractivity (Wildman–Crippen MR) is 122 cm³/mol. The van der Waals surface area contributed by atoms with E-state index in [0.29, 0.717) is 22.7 Å². The van der Waals surface area contributed by atoms with Gasteiger partial charge in [-0.2, -0.15) is 0 Å². The maximum absolute atomic E-state index is 13.0. The molecule has 0 radical (unpaired) electrons. The van der Waals surface area contributed by atoms with E-state index in [1.165, 1.54) is 23.9 Å². The smallest absolute Gasteiger partial charge is 0.264 e. The van der Waals surface area contributed by atoms with E-state index in [-0.39, 0.29) is 17.6 Å². The molecule has 1 N–H and O–H groups in total. The third-order valence-electron chi connectivity index (χ3n) is 5.02. The first-order chi connectivity index (χ1) is 14.9. The Morgan fingerprint density at radius 3 is 2.61 bits per heavy atom. The van der Waals surface area contributed by atoms with Crippen LogP contribution in [-0.2, 0) is 11.3 Å². The number of halogens is 1. The maximum atomic E-state index is 13.0. The molecule has 156 valence electrons. The lowest BCUT2D eigenvalue weighted by Gasteiger charge is -2.27. The number of anilines is 1. The number of thioether (sulfide) groups is 1. The van der Waals surface area contributed by atoms with Crippen molar-refractivity contribution in [3.05, 3.63) is 99.7 Å². The highest BCUT2D eigenvalue weighted by atomic mass is 32.2. The van der Waals surface area contributed by atoms with Gasteiger partial charge in [-0.25, -0.2) is 4.39 Å². The number of likely N-dealkylation sites (N-methyl/N-ethyl adjacent to an activating group) is 1. The fourth-order valence-corrected chi connectivity index (χ4v) is 4.43. The van der Waals surface area contributed by atoms with Gasteiger partial charge in [-0.15, -0.1) is 0 Å². The van der Waals surface area contributed by atoms with Crippen LogP contribution in [0.1, 0.15) is 27.0 Å². The second-order valence-corrected chi connectivity index (χ2v) is 8.46. The Labute approximate surface area is 184 Å². The number of carbonyl (C=O) groups excluding carboxylic acids is 2. The lowest BCUT2D eigenvalue weighted by Crippen LogP contribution is -2.31. The molecule has 1 heterocycles. The number of hydrogen-bond acceptors (Lipinski definition) is 3. The minimum atomic E-state index is -0.314. The summed E-state index contributed by atoms with van der Waals surface area (Å²) < 4.78 is 13.0. The monoisotopic (exact) mass is 432 g/mol. The zero-order valence-corrected chi connectivity index (χ0v) is 18.0. The number of nitrogens with zero attached hydrogens (tertiary/aromatic N) is 1. The Morgan fingerprint density at radius 1 is 1.10 bits per heavy atom. The van der Waals surface area contributed by atoms with Crippen molar-refractivity contribution in [1.82, 2.24) is 5.32 Å². The van der Waals surface area contributed by atoms with E-state index < -0.39 is 0 Å². The molecule has 0 aromatic heterocycles. The first-order valence-corrected chi connectivity index (χ1v) is 10.6. The number of rotatable bonds is 4. The highest BCUT2D eigenvalue weighted by Crippen LogP contribution is 2.42.